The van der Waals surface area contributed by atoms with Crippen LogP contribution in [-0.4, -0.2) is 47.7 Å². The largest absolute Gasteiger partial charge is 0.508 e. The molecule has 8 nitrogen and oxygen atoms in total. The Morgan fingerprint density at radius 2 is 1.95 bits per heavy atom. The van der Waals surface area contributed by atoms with Crippen molar-refractivity contribution in [3.8, 4) is 5.75 Å². The second-order valence-electron chi connectivity index (χ2n) is 9.52. The van der Waals surface area contributed by atoms with Crippen LogP contribution < -0.4 is 20.8 Å². The van der Waals surface area contributed by atoms with Crippen molar-refractivity contribution in [2.24, 2.45) is 5.92 Å². The van der Waals surface area contributed by atoms with Gasteiger partial charge in [-0.05, 0) is 43.7 Å². The molecular weight excluding hydrogens is 466 g/mol. The van der Waals surface area contributed by atoms with Crippen LogP contribution in [0.25, 0.3) is 12.2 Å². The Morgan fingerprint density at radius 1 is 1.19 bits per heavy atom. The lowest BCUT2D eigenvalue weighted by Gasteiger charge is -2.15. The van der Waals surface area contributed by atoms with Gasteiger partial charge in [-0.3, -0.25) is 0 Å². The lowest BCUT2D eigenvalue weighted by atomic mass is 9.99. The van der Waals surface area contributed by atoms with E-state index in [0.717, 1.165) is 46.8 Å². The first-order chi connectivity index (χ1) is 17.8. The molecule has 0 fully saturated rings. The van der Waals surface area contributed by atoms with Crippen molar-refractivity contribution in [3.63, 3.8) is 0 Å². The summed E-state index contributed by atoms with van der Waals surface area (Å²) in [5.41, 5.74) is 1.12. The summed E-state index contributed by atoms with van der Waals surface area (Å²) in [6.07, 6.45) is 16.5. The zero-order chi connectivity index (χ0) is 27.2. The predicted octanol–water partition coefficient (Wildman–Crippen LogP) is 5.01. The first-order valence-electron chi connectivity index (χ1n) is 13.3. The summed E-state index contributed by atoms with van der Waals surface area (Å²) in [7, 11) is 5.36. The van der Waals surface area contributed by atoms with Crippen molar-refractivity contribution in [2.45, 2.75) is 65.7 Å². The maximum absolute atomic E-state index is 11.0. The molecular formula is C29H44N5O3+. The number of unbranched alkanes of at least 4 members (excludes halogenated alkanes) is 1. The highest BCUT2D eigenvalue weighted by Crippen LogP contribution is 2.23. The summed E-state index contributed by atoms with van der Waals surface area (Å²) < 4.78 is 0. The number of anilines is 2. The highest BCUT2D eigenvalue weighted by Gasteiger charge is 2.15. The van der Waals surface area contributed by atoms with Crippen LogP contribution in [0.5, 0.6) is 5.75 Å². The maximum atomic E-state index is 11.0. The van der Waals surface area contributed by atoms with Gasteiger partial charge in [0, 0.05) is 43.6 Å². The standard InChI is InChI=1S/C20H32N4.C9H11NO3/c1-5-6-11-16(2)12-10-15-21-20-22-18-14-9-7-8-13-17(18)19(23-20)24(3)4;1-3-7-6-8(10(12)13-2)4-5-9(7)11/h7-8,13-14,16H,5-6,9-12,15H2,1-4H3,(H,21,22);4-6H,3H2,1-2H3/p+1/t16-;/m0./s1. The Morgan fingerprint density at radius 3 is 2.62 bits per heavy atom. The Kier molecular flexibility index (Phi) is 12.6. The molecule has 0 spiro atoms. The lowest BCUT2D eigenvalue weighted by molar-refractivity contribution is -0.736. The van der Waals surface area contributed by atoms with Crippen molar-refractivity contribution >= 4 is 29.6 Å². The fourth-order valence-corrected chi connectivity index (χ4v) is 4.05. The maximum Gasteiger partial charge on any atom is 0.317 e. The van der Waals surface area contributed by atoms with E-state index in [-0.39, 0.29) is 5.75 Å². The lowest BCUT2D eigenvalue weighted by Crippen LogP contribution is -2.35. The smallest absolute Gasteiger partial charge is 0.317 e. The molecule has 1 aromatic carbocycles. The molecule has 8 heteroatoms. The van der Waals surface area contributed by atoms with Crippen molar-refractivity contribution in [2.75, 3.05) is 38.0 Å². The summed E-state index contributed by atoms with van der Waals surface area (Å²) in [5.74, 6) is 2.73. The van der Waals surface area contributed by atoms with E-state index in [9.17, 15) is 10.0 Å². The summed E-state index contributed by atoms with van der Waals surface area (Å²) in [5, 5.41) is 14.9. The summed E-state index contributed by atoms with van der Waals surface area (Å²) >= 11 is 0. The molecule has 0 saturated carbocycles. The fourth-order valence-electron chi connectivity index (χ4n) is 4.05. The van der Waals surface area contributed by atoms with E-state index >= 15 is 0 Å². The van der Waals surface area contributed by atoms with Crippen LogP contribution in [-0.2, 0) is 11.3 Å². The van der Waals surface area contributed by atoms with Gasteiger partial charge in [-0.25, -0.2) is 9.82 Å². The van der Waals surface area contributed by atoms with E-state index in [4.69, 9.17) is 9.97 Å². The van der Waals surface area contributed by atoms with Gasteiger partial charge in [0.2, 0.25) is 5.95 Å². The van der Waals surface area contributed by atoms with E-state index in [1.54, 1.807) is 6.07 Å². The average molecular weight is 511 g/mol. The number of nitrogens with zero attached hydrogens (tertiary/aromatic N) is 4. The molecule has 1 aliphatic carbocycles. The fraction of sp³-hybridized carbons (Fsp3) is 0.517. The number of aryl methyl sites for hydroxylation is 1. The number of benzene rings is 1. The number of aromatic hydroxyl groups is 1. The number of allylic oxidation sites excluding steroid dienone is 2. The summed E-state index contributed by atoms with van der Waals surface area (Å²) in [6, 6.07) is 4.59. The molecule has 1 atom stereocenters. The highest BCUT2D eigenvalue weighted by molar-refractivity contribution is 5.54. The van der Waals surface area contributed by atoms with Crippen LogP contribution in [0.3, 0.4) is 0 Å². The third-order valence-electron chi connectivity index (χ3n) is 6.25. The molecule has 1 aromatic heterocycles. The van der Waals surface area contributed by atoms with Crippen molar-refractivity contribution < 1.29 is 14.9 Å². The second kappa shape index (κ2) is 15.6. The Hall–Kier alpha value is -3.42. The van der Waals surface area contributed by atoms with Gasteiger partial charge < -0.3 is 15.3 Å². The topological polar surface area (TPSA) is 90.6 Å². The van der Waals surface area contributed by atoms with E-state index < -0.39 is 0 Å². The van der Waals surface area contributed by atoms with Crippen LogP contribution in [0, 0.1) is 10.8 Å². The molecule has 0 unspecified atom stereocenters. The van der Waals surface area contributed by atoms with Gasteiger partial charge in [0.15, 0.2) is 7.11 Å². The van der Waals surface area contributed by atoms with Gasteiger partial charge >= 0.3 is 5.69 Å². The van der Waals surface area contributed by atoms with Crippen molar-refractivity contribution in [3.05, 3.63) is 51.4 Å². The third kappa shape index (κ3) is 9.52. The molecule has 2 N–H and O–H groups in total. The van der Waals surface area contributed by atoms with E-state index in [2.05, 4.69) is 53.2 Å². The van der Waals surface area contributed by atoms with Gasteiger partial charge in [-0.1, -0.05) is 58.3 Å². The SMILES string of the molecule is CCCC[C@H](C)CCCNc1nc(N(C)C)c2c(n1)=CCC=CC=2.CCc1cc([N+](=O)OC)ccc1O. The van der Waals surface area contributed by atoms with Crippen LogP contribution in [0.1, 0.15) is 64.9 Å². The van der Waals surface area contributed by atoms with E-state index in [0.29, 0.717) is 17.0 Å². The number of fused-ring (bicyclic) bond motifs is 1. The Labute approximate surface area is 221 Å². The number of aromatic nitrogens is 2. The highest BCUT2D eigenvalue weighted by atomic mass is 16.8. The van der Waals surface area contributed by atoms with Gasteiger partial charge in [0.25, 0.3) is 4.92 Å². The molecule has 202 valence electrons. The first-order valence-corrected chi connectivity index (χ1v) is 13.3. The number of hydrogen-bond acceptors (Lipinski definition) is 7. The zero-order valence-corrected chi connectivity index (χ0v) is 23.3. The monoisotopic (exact) mass is 510 g/mol. The quantitative estimate of drug-likeness (QED) is 0.306. The van der Waals surface area contributed by atoms with E-state index in [1.165, 1.54) is 51.3 Å². The summed E-state index contributed by atoms with van der Waals surface area (Å²) in [6.45, 7) is 7.46. The molecule has 0 amide bonds. The molecule has 1 heterocycles. The van der Waals surface area contributed by atoms with Crippen LogP contribution >= 0.6 is 0 Å². The number of phenolic OH excluding ortho intramolecular Hbond substituents is 1. The van der Waals surface area contributed by atoms with E-state index in [1.807, 2.05) is 21.0 Å². The number of rotatable bonds is 12. The van der Waals surface area contributed by atoms with Crippen molar-refractivity contribution in [1.82, 2.24) is 9.97 Å². The van der Waals surface area contributed by atoms with Gasteiger partial charge in [-0.15, -0.1) is 0 Å². The number of nitrogens with one attached hydrogen (secondary N) is 1. The van der Waals surface area contributed by atoms with Crippen LogP contribution in [0.2, 0.25) is 0 Å². The van der Waals surface area contributed by atoms with Gasteiger partial charge in [0.05, 0.1) is 10.3 Å². The molecule has 2 aromatic rings. The van der Waals surface area contributed by atoms with Crippen LogP contribution in [0.15, 0.2) is 30.4 Å². The minimum atomic E-state index is 0.204. The average Bonchev–Trinajstić information content (AvgIpc) is 3.15. The Bertz CT molecular complexity index is 1160. The molecule has 0 radical (unpaired) electrons. The molecule has 37 heavy (non-hydrogen) atoms. The second-order valence-corrected chi connectivity index (χ2v) is 9.52. The molecule has 0 aliphatic heterocycles. The van der Waals surface area contributed by atoms with Gasteiger partial charge in [0.1, 0.15) is 11.6 Å². The zero-order valence-electron chi connectivity index (χ0n) is 23.3. The normalized spacial score (nSPS) is 12.6. The first kappa shape index (κ1) is 29.8. The number of phenols is 1. The Balaban J connectivity index is 0.000000312. The molecule has 0 bridgehead atoms. The van der Waals surface area contributed by atoms with Crippen molar-refractivity contribution in [1.29, 1.82) is 0 Å². The minimum absolute atomic E-state index is 0.204. The summed E-state index contributed by atoms with van der Waals surface area (Å²) in [4.78, 5) is 27.4. The predicted molar refractivity (Wildman–Crippen MR) is 152 cm³/mol. The third-order valence-corrected chi connectivity index (χ3v) is 6.25. The number of hydrogen-bond donors (Lipinski definition) is 2. The molecule has 3 rings (SSSR count). The van der Waals surface area contributed by atoms with Gasteiger partial charge in [-0.2, -0.15) is 4.98 Å². The van der Waals surface area contributed by atoms with Crippen LogP contribution in [0.4, 0.5) is 17.5 Å². The molecule has 0 saturated heterocycles. The molecule has 1 aliphatic rings. The minimum Gasteiger partial charge on any atom is -0.508 e.